The molecule has 0 aromatic heterocycles. The molecule has 0 amide bonds. The molecule has 2 heterocycles. The molecule has 1 aromatic carbocycles. The third-order valence-corrected chi connectivity index (χ3v) is 5.71. The Labute approximate surface area is 193 Å². The molecule has 164 valence electrons. The molecule has 1 N–H and O–H groups in total. The highest BCUT2D eigenvalue weighted by Gasteiger charge is 2.27. The third kappa shape index (κ3) is 7.51. The first-order chi connectivity index (χ1) is 13.7. The number of nitrogens with zero attached hydrogens (tertiary/aromatic N) is 3. The van der Waals surface area contributed by atoms with Gasteiger partial charge in [0.25, 0.3) is 0 Å². The van der Waals surface area contributed by atoms with Gasteiger partial charge in [-0.3, -0.25) is 4.99 Å². The van der Waals surface area contributed by atoms with Gasteiger partial charge in [-0.25, -0.2) is 0 Å². The van der Waals surface area contributed by atoms with Crippen LogP contribution in [0.5, 0.6) is 11.5 Å². The highest BCUT2D eigenvalue weighted by Crippen LogP contribution is 2.20. The number of methoxy groups -OCH3 is 1. The van der Waals surface area contributed by atoms with Crippen molar-refractivity contribution in [3.8, 4) is 11.5 Å². The first kappa shape index (κ1) is 24.1. The monoisotopic (exact) mass is 516 g/mol. The van der Waals surface area contributed by atoms with Gasteiger partial charge >= 0.3 is 0 Å². The smallest absolute Gasteiger partial charge is 0.193 e. The number of ether oxygens (including phenoxy) is 2. The highest BCUT2D eigenvalue weighted by molar-refractivity contribution is 14.0. The standard InChI is InChI=1S/C22H36N4O2.HI/c1-18(28-21-9-7-20(27-3)8-10-21)15-24-22(23-2)26-14-11-19(17-26)16-25-12-5-4-6-13-25;/h7-10,18-19H,4-6,11-17H2,1-3H3,(H,23,24);1H. The topological polar surface area (TPSA) is 49.3 Å². The summed E-state index contributed by atoms with van der Waals surface area (Å²) in [6, 6.07) is 7.72. The normalized spacial score (nSPS) is 21.4. The molecular weight excluding hydrogens is 479 g/mol. The fourth-order valence-electron chi connectivity index (χ4n) is 4.18. The molecule has 0 saturated carbocycles. The average molecular weight is 516 g/mol. The number of guanidine groups is 1. The van der Waals surface area contributed by atoms with Gasteiger partial charge in [-0.05, 0) is 69.5 Å². The van der Waals surface area contributed by atoms with Gasteiger partial charge in [-0.15, -0.1) is 24.0 Å². The molecule has 6 nitrogen and oxygen atoms in total. The summed E-state index contributed by atoms with van der Waals surface area (Å²) in [4.78, 5) is 9.55. The van der Waals surface area contributed by atoms with E-state index in [9.17, 15) is 0 Å². The van der Waals surface area contributed by atoms with Crippen LogP contribution in [-0.4, -0.2) is 75.3 Å². The summed E-state index contributed by atoms with van der Waals surface area (Å²) >= 11 is 0. The molecule has 0 radical (unpaired) electrons. The largest absolute Gasteiger partial charge is 0.497 e. The van der Waals surface area contributed by atoms with Crippen LogP contribution >= 0.6 is 24.0 Å². The predicted molar refractivity (Wildman–Crippen MR) is 130 cm³/mol. The van der Waals surface area contributed by atoms with Gasteiger partial charge in [0.2, 0.25) is 0 Å². The Balaban J connectivity index is 0.00000300. The lowest BCUT2D eigenvalue weighted by molar-refractivity contribution is 0.197. The molecule has 0 aliphatic carbocycles. The molecule has 7 heteroatoms. The Kier molecular flexibility index (Phi) is 10.3. The molecule has 2 aliphatic heterocycles. The molecule has 0 bridgehead atoms. The summed E-state index contributed by atoms with van der Waals surface area (Å²) in [5, 5.41) is 3.49. The molecule has 1 aromatic rings. The number of nitrogens with one attached hydrogen (secondary N) is 1. The SMILES string of the molecule is CN=C(NCC(C)Oc1ccc(OC)cc1)N1CCC(CN2CCCCC2)C1.I. The summed E-state index contributed by atoms with van der Waals surface area (Å²) in [6.07, 6.45) is 5.45. The summed E-state index contributed by atoms with van der Waals surface area (Å²) in [5.74, 6) is 3.44. The summed E-state index contributed by atoms with van der Waals surface area (Å²) in [7, 11) is 3.54. The first-order valence-electron chi connectivity index (χ1n) is 10.7. The number of likely N-dealkylation sites (tertiary alicyclic amines) is 2. The van der Waals surface area contributed by atoms with E-state index < -0.39 is 0 Å². The molecular formula is C22H37IN4O2. The van der Waals surface area contributed by atoms with E-state index in [0.717, 1.165) is 43.0 Å². The van der Waals surface area contributed by atoms with Gasteiger partial charge < -0.3 is 24.6 Å². The molecule has 2 aliphatic rings. The number of piperidine rings is 1. The lowest BCUT2D eigenvalue weighted by Gasteiger charge is -2.29. The Morgan fingerprint density at radius 3 is 2.48 bits per heavy atom. The Morgan fingerprint density at radius 1 is 1.14 bits per heavy atom. The van der Waals surface area contributed by atoms with Crippen LogP contribution in [0.2, 0.25) is 0 Å². The Morgan fingerprint density at radius 2 is 1.83 bits per heavy atom. The third-order valence-electron chi connectivity index (χ3n) is 5.71. The van der Waals surface area contributed by atoms with Crippen LogP contribution in [0.4, 0.5) is 0 Å². The van der Waals surface area contributed by atoms with Crippen molar-refractivity contribution >= 4 is 29.9 Å². The van der Waals surface area contributed by atoms with Gasteiger partial charge in [0.05, 0.1) is 13.7 Å². The van der Waals surface area contributed by atoms with Crippen LogP contribution in [-0.2, 0) is 0 Å². The van der Waals surface area contributed by atoms with E-state index in [-0.39, 0.29) is 30.1 Å². The number of halogens is 1. The van der Waals surface area contributed by atoms with Crippen molar-refractivity contribution in [3.05, 3.63) is 24.3 Å². The van der Waals surface area contributed by atoms with Crippen molar-refractivity contribution in [2.24, 2.45) is 10.9 Å². The molecule has 2 fully saturated rings. The van der Waals surface area contributed by atoms with E-state index in [4.69, 9.17) is 9.47 Å². The van der Waals surface area contributed by atoms with Crippen molar-refractivity contribution in [1.82, 2.24) is 15.1 Å². The van der Waals surface area contributed by atoms with Gasteiger partial charge in [-0.1, -0.05) is 6.42 Å². The van der Waals surface area contributed by atoms with E-state index >= 15 is 0 Å². The fourth-order valence-corrected chi connectivity index (χ4v) is 4.18. The molecule has 29 heavy (non-hydrogen) atoms. The highest BCUT2D eigenvalue weighted by atomic mass is 127. The first-order valence-corrected chi connectivity index (χ1v) is 10.7. The van der Waals surface area contributed by atoms with Crippen molar-refractivity contribution in [1.29, 1.82) is 0 Å². The zero-order valence-corrected chi connectivity index (χ0v) is 20.4. The minimum atomic E-state index is 0. The minimum absolute atomic E-state index is 0. The maximum Gasteiger partial charge on any atom is 0.193 e. The van der Waals surface area contributed by atoms with Crippen LogP contribution in [0.25, 0.3) is 0 Å². The average Bonchev–Trinajstić information content (AvgIpc) is 3.18. The second kappa shape index (κ2) is 12.5. The van der Waals surface area contributed by atoms with E-state index in [2.05, 4.69) is 27.0 Å². The second-order valence-electron chi connectivity index (χ2n) is 7.99. The van der Waals surface area contributed by atoms with Crippen molar-refractivity contribution in [3.63, 3.8) is 0 Å². The number of benzene rings is 1. The minimum Gasteiger partial charge on any atom is -0.497 e. The van der Waals surface area contributed by atoms with Gasteiger partial charge in [0.1, 0.15) is 17.6 Å². The quantitative estimate of drug-likeness (QED) is 0.342. The van der Waals surface area contributed by atoms with Crippen molar-refractivity contribution < 1.29 is 9.47 Å². The van der Waals surface area contributed by atoms with Gasteiger partial charge in [0.15, 0.2) is 5.96 Å². The second-order valence-corrected chi connectivity index (χ2v) is 7.99. The maximum absolute atomic E-state index is 5.99. The van der Waals surface area contributed by atoms with Crippen molar-refractivity contribution in [2.45, 2.75) is 38.7 Å². The van der Waals surface area contributed by atoms with E-state index in [1.54, 1.807) is 7.11 Å². The number of hydrogen-bond acceptors (Lipinski definition) is 4. The van der Waals surface area contributed by atoms with Crippen LogP contribution in [0.15, 0.2) is 29.3 Å². The molecule has 2 saturated heterocycles. The zero-order chi connectivity index (χ0) is 19.8. The van der Waals surface area contributed by atoms with Gasteiger partial charge in [-0.2, -0.15) is 0 Å². The van der Waals surface area contributed by atoms with E-state index in [1.165, 1.54) is 45.3 Å². The molecule has 2 atom stereocenters. The molecule has 3 rings (SSSR count). The lowest BCUT2D eigenvalue weighted by Crippen LogP contribution is -2.44. The van der Waals surface area contributed by atoms with Gasteiger partial charge in [0, 0.05) is 26.7 Å². The van der Waals surface area contributed by atoms with Crippen LogP contribution in [0.1, 0.15) is 32.6 Å². The van der Waals surface area contributed by atoms with Crippen LogP contribution in [0.3, 0.4) is 0 Å². The summed E-state index contributed by atoms with van der Waals surface area (Å²) in [6.45, 7) is 8.80. The number of aliphatic imine (C=N–C) groups is 1. The fraction of sp³-hybridized carbons (Fsp3) is 0.682. The van der Waals surface area contributed by atoms with Crippen LogP contribution < -0.4 is 14.8 Å². The number of hydrogen-bond donors (Lipinski definition) is 1. The van der Waals surface area contributed by atoms with Crippen molar-refractivity contribution in [2.75, 3.05) is 53.4 Å². The summed E-state index contributed by atoms with van der Waals surface area (Å²) in [5.41, 5.74) is 0. The maximum atomic E-state index is 5.99. The lowest BCUT2D eigenvalue weighted by atomic mass is 10.1. The van der Waals surface area contributed by atoms with Crippen LogP contribution in [0, 0.1) is 5.92 Å². The van der Waals surface area contributed by atoms with E-state index in [0.29, 0.717) is 0 Å². The Bertz CT molecular complexity index is 620. The Hall–Kier alpha value is -1.22. The summed E-state index contributed by atoms with van der Waals surface area (Å²) < 4.78 is 11.2. The molecule has 0 spiro atoms. The zero-order valence-electron chi connectivity index (χ0n) is 18.1. The number of rotatable bonds is 7. The van der Waals surface area contributed by atoms with E-state index in [1.807, 2.05) is 31.3 Å². The molecule has 2 unspecified atom stereocenters. The predicted octanol–water partition coefficient (Wildman–Crippen LogP) is 3.46.